The van der Waals surface area contributed by atoms with Crippen molar-refractivity contribution in [1.82, 2.24) is 4.90 Å². The number of carbonyl (C=O) groups excluding carboxylic acids is 1. The topological polar surface area (TPSA) is 69.3 Å². The molecule has 1 aliphatic rings. The number of morpholine rings is 1. The number of halogens is 1. The first-order valence-electron chi connectivity index (χ1n) is 9.26. The molecule has 2 aromatic rings. The van der Waals surface area contributed by atoms with Crippen molar-refractivity contribution in [2.24, 2.45) is 0 Å². The highest BCUT2D eigenvalue weighted by atomic mass is 79.9. The smallest absolute Gasteiger partial charge is 0.257 e. The van der Waals surface area contributed by atoms with Crippen molar-refractivity contribution < 1.29 is 23.7 Å². The standard InChI is InChI=1S/C21H25BrN2O5/c1-26-17-12-16(18(22)20(28-3)19(17)27-2)21(25)23-15-6-4-14(5-7-15)13-24-8-10-29-11-9-24/h4-7,12H,8-11,13H2,1-3H3,(H,23,25). The second kappa shape index (κ2) is 9.96. The Labute approximate surface area is 179 Å². The van der Waals surface area contributed by atoms with Crippen LogP contribution in [0.3, 0.4) is 0 Å². The summed E-state index contributed by atoms with van der Waals surface area (Å²) in [4.78, 5) is 15.2. The van der Waals surface area contributed by atoms with Gasteiger partial charge in [-0.25, -0.2) is 0 Å². The van der Waals surface area contributed by atoms with Gasteiger partial charge in [-0.3, -0.25) is 9.69 Å². The van der Waals surface area contributed by atoms with E-state index in [-0.39, 0.29) is 5.91 Å². The van der Waals surface area contributed by atoms with E-state index >= 15 is 0 Å². The fourth-order valence-electron chi connectivity index (χ4n) is 3.20. The van der Waals surface area contributed by atoms with Gasteiger partial charge >= 0.3 is 0 Å². The van der Waals surface area contributed by atoms with Gasteiger partial charge in [0.25, 0.3) is 5.91 Å². The highest BCUT2D eigenvalue weighted by Crippen LogP contribution is 2.44. The van der Waals surface area contributed by atoms with Gasteiger partial charge in [0.05, 0.1) is 44.6 Å². The molecule has 0 aromatic heterocycles. The maximum Gasteiger partial charge on any atom is 0.257 e. The van der Waals surface area contributed by atoms with Crippen molar-refractivity contribution >= 4 is 27.5 Å². The zero-order chi connectivity index (χ0) is 20.8. The number of nitrogens with zero attached hydrogens (tertiary/aromatic N) is 1. The molecule has 1 heterocycles. The molecule has 2 aromatic carbocycles. The van der Waals surface area contributed by atoms with Crippen LogP contribution in [0.1, 0.15) is 15.9 Å². The van der Waals surface area contributed by atoms with Crippen LogP contribution in [-0.4, -0.2) is 58.4 Å². The van der Waals surface area contributed by atoms with Crippen LogP contribution in [0, 0.1) is 0 Å². The lowest BCUT2D eigenvalue weighted by molar-refractivity contribution is 0.0342. The quantitative estimate of drug-likeness (QED) is 0.675. The number of benzene rings is 2. The molecule has 0 bridgehead atoms. The number of hydrogen-bond donors (Lipinski definition) is 1. The van der Waals surface area contributed by atoms with Crippen LogP contribution in [0.5, 0.6) is 17.2 Å². The zero-order valence-corrected chi connectivity index (χ0v) is 18.4. The first-order chi connectivity index (χ1) is 14.1. The summed E-state index contributed by atoms with van der Waals surface area (Å²) in [5, 5.41) is 2.92. The highest BCUT2D eigenvalue weighted by molar-refractivity contribution is 9.10. The van der Waals surface area contributed by atoms with Gasteiger partial charge in [-0.2, -0.15) is 0 Å². The second-order valence-corrected chi connectivity index (χ2v) is 7.34. The van der Waals surface area contributed by atoms with Gasteiger partial charge in [0.1, 0.15) is 0 Å². The number of nitrogens with one attached hydrogen (secondary N) is 1. The molecule has 1 aliphatic heterocycles. The first-order valence-corrected chi connectivity index (χ1v) is 10.1. The number of anilines is 1. The Bertz CT molecular complexity index is 851. The second-order valence-electron chi connectivity index (χ2n) is 6.55. The Balaban J connectivity index is 1.74. The van der Waals surface area contributed by atoms with E-state index in [1.54, 1.807) is 6.07 Å². The molecule has 8 heteroatoms. The first kappa shape index (κ1) is 21.4. The van der Waals surface area contributed by atoms with Gasteiger partial charge in [-0.1, -0.05) is 12.1 Å². The van der Waals surface area contributed by atoms with Crippen molar-refractivity contribution in [2.75, 3.05) is 52.9 Å². The van der Waals surface area contributed by atoms with E-state index in [1.165, 1.54) is 26.9 Å². The van der Waals surface area contributed by atoms with Crippen LogP contribution in [0.2, 0.25) is 0 Å². The number of ether oxygens (including phenoxy) is 4. The van der Waals surface area contributed by atoms with Crippen LogP contribution < -0.4 is 19.5 Å². The van der Waals surface area contributed by atoms with Crippen LogP contribution >= 0.6 is 15.9 Å². The summed E-state index contributed by atoms with van der Waals surface area (Å²) in [5.74, 6) is 0.958. The normalized spacial score (nSPS) is 14.3. The Morgan fingerprint density at radius 1 is 1.07 bits per heavy atom. The summed E-state index contributed by atoms with van der Waals surface area (Å²) in [6.07, 6.45) is 0. The maximum absolute atomic E-state index is 12.9. The van der Waals surface area contributed by atoms with Gasteiger partial charge in [0.15, 0.2) is 11.5 Å². The average Bonchev–Trinajstić information content (AvgIpc) is 2.75. The minimum absolute atomic E-state index is 0.281. The maximum atomic E-state index is 12.9. The number of hydrogen-bond acceptors (Lipinski definition) is 6. The molecule has 156 valence electrons. The summed E-state index contributed by atoms with van der Waals surface area (Å²) in [6.45, 7) is 4.30. The van der Waals surface area contributed by atoms with Crippen LogP contribution in [0.25, 0.3) is 0 Å². The SMILES string of the molecule is COc1cc(C(=O)Nc2ccc(CN3CCOCC3)cc2)c(Br)c(OC)c1OC. The molecular weight excluding hydrogens is 440 g/mol. The predicted molar refractivity (Wildman–Crippen MR) is 114 cm³/mol. The number of amides is 1. The van der Waals surface area contributed by atoms with Crippen molar-refractivity contribution in [3.63, 3.8) is 0 Å². The molecule has 0 unspecified atom stereocenters. The molecule has 1 amide bonds. The highest BCUT2D eigenvalue weighted by Gasteiger charge is 2.23. The monoisotopic (exact) mass is 464 g/mol. The molecule has 1 fully saturated rings. The zero-order valence-electron chi connectivity index (χ0n) is 16.8. The lowest BCUT2D eigenvalue weighted by Crippen LogP contribution is -2.35. The van der Waals surface area contributed by atoms with Gasteiger partial charge < -0.3 is 24.3 Å². The lowest BCUT2D eigenvalue weighted by atomic mass is 10.1. The van der Waals surface area contributed by atoms with Crippen LogP contribution in [0.15, 0.2) is 34.8 Å². The van der Waals surface area contributed by atoms with E-state index in [2.05, 4.69) is 26.1 Å². The van der Waals surface area contributed by atoms with E-state index in [4.69, 9.17) is 18.9 Å². The summed E-state index contributed by atoms with van der Waals surface area (Å²) < 4.78 is 22.0. The Hall–Kier alpha value is -2.29. The molecule has 0 saturated carbocycles. The third-order valence-electron chi connectivity index (χ3n) is 4.74. The van der Waals surface area contributed by atoms with Crippen molar-refractivity contribution in [1.29, 1.82) is 0 Å². The lowest BCUT2D eigenvalue weighted by Gasteiger charge is -2.26. The average molecular weight is 465 g/mol. The van der Waals surface area contributed by atoms with E-state index in [1.807, 2.05) is 24.3 Å². The fourth-order valence-corrected chi connectivity index (χ4v) is 3.83. The molecule has 3 rings (SSSR count). The largest absolute Gasteiger partial charge is 0.493 e. The summed E-state index contributed by atoms with van der Waals surface area (Å²) >= 11 is 3.44. The fraction of sp³-hybridized carbons (Fsp3) is 0.381. The molecule has 7 nitrogen and oxygen atoms in total. The van der Waals surface area contributed by atoms with E-state index < -0.39 is 0 Å². The Kier molecular flexibility index (Phi) is 7.35. The summed E-state index contributed by atoms with van der Waals surface area (Å²) in [6, 6.07) is 9.47. The van der Waals surface area contributed by atoms with Gasteiger partial charge in [0.2, 0.25) is 5.75 Å². The summed E-state index contributed by atoms with van der Waals surface area (Å²) in [7, 11) is 4.54. The molecule has 0 atom stereocenters. The van der Waals surface area contributed by atoms with E-state index in [0.29, 0.717) is 33.0 Å². The summed E-state index contributed by atoms with van der Waals surface area (Å²) in [5.41, 5.74) is 2.29. The van der Waals surface area contributed by atoms with Crippen LogP contribution in [-0.2, 0) is 11.3 Å². The Morgan fingerprint density at radius 2 is 1.72 bits per heavy atom. The number of carbonyl (C=O) groups is 1. The molecule has 0 spiro atoms. The van der Waals surface area contributed by atoms with E-state index in [0.717, 1.165) is 32.8 Å². The molecular formula is C21H25BrN2O5. The number of methoxy groups -OCH3 is 3. The molecule has 0 radical (unpaired) electrons. The van der Waals surface area contributed by atoms with Gasteiger partial charge in [0, 0.05) is 25.3 Å². The number of rotatable bonds is 7. The van der Waals surface area contributed by atoms with Crippen LogP contribution in [0.4, 0.5) is 5.69 Å². The molecule has 1 N–H and O–H groups in total. The van der Waals surface area contributed by atoms with Crippen molar-refractivity contribution in [3.8, 4) is 17.2 Å². The third-order valence-corrected chi connectivity index (χ3v) is 5.52. The van der Waals surface area contributed by atoms with E-state index in [9.17, 15) is 4.79 Å². The third kappa shape index (κ3) is 5.01. The van der Waals surface area contributed by atoms with Crippen molar-refractivity contribution in [3.05, 3.63) is 45.9 Å². The Morgan fingerprint density at radius 3 is 2.31 bits per heavy atom. The minimum Gasteiger partial charge on any atom is -0.493 e. The van der Waals surface area contributed by atoms with Gasteiger partial charge in [-0.05, 0) is 39.7 Å². The minimum atomic E-state index is -0.281. The van der Waals surface area contributed by atoms with Crippen molar-refractivity contribution in [2.45, 2.75) is 6.54 Å². The van der Waals surface area contributed by atoms with Gasteiger partial charge in [-0.15, -0.1) is 0 Å². The molecule has 1 saturated heterocycles. The molecule has 29 heavy (non-hydrogen) atoms. The predicted octanol–water partition coefficient (Wildman–Crippen LogP) is 3.56. The molecule has 0 aliphatic carbocycles.